The number of hydrogen-bond donors (Lipinski definition) is 0. The van der Waals surface area contributed by atoms with Crippen LogP contribution in [0.5, 0.6) is 0 Å². The molecule has 4 aromatic heterocycles. The molecule has 294 valence electrons. The smallest absolute Gasteiger partial charge is 0.164 e. The van der Waals surface area contributed by atoms with E-state index in [0.717, 1.165) is 37.6 Å². The van der Waals surface area contributed by atoms with E-state index >= 15 is 0 Å². The minimum absolute atomic E-state index is 0.140. The first-order valence-electron chi connectivity index (χ1n) is 27.5. The van der Waals surface area contributed by atoms with Gasteiger partial charge in [-0.2, -0.15) is 0 Å². The average Bonchev–Trinajstić information content (AvgIpc) is 4.36. The number of para-hydroxylation sites is 3. The predicted molar refractivity (Wildman–Crippen MR) is 258 cm³/mol. The number of nitrogens with zero attached hydrogens (tertiary/aromatic N) is 5. The number of rotatable bonds is 6. The van der Waals surface area contributed by atoms with Gasteiger partial charge in [0.15, 0.2) is 17.5 Å². The molecule has 13 rings (SSSR count). The van der Waals surface area contributed by atoms with Gasteiger partial charge in [-0.1, -0.05) is 133 Å². The largest absolute Gasteiger partial charge is 0.456 e. The minimum Gasteiger partial charge on any atom is -0.456 e. The first kappa shape index (κ1) is 23.4. The molecule has 6 nitrogen and oxygen atoms in total. The van der Waals surface area contributed by atoms with Gasteiger partial charge in [0.25, 0.3) is 0 Å². The second kappa shape index (κ2) is 14.0. The molecule has 63 heavy (non-hydrogen) atoms. The number of furan rings is 1. The third-order valence-electron chi connectivity index (χ3n) is 11.3. The summed E-state index contributed by atoms with van der Waals surface area (Å²) in [5.74, 6) is 1.01. The molecule has 0 amide bonds. The summed E-state index contributed by atoms with van der Waals surface area (Å²) in [7, 11) is 0. The van der Waals surface area contributed by atoms with E-state index in [1.807, 2.05) is 78.9 Å². The predicted octanol–water partition coefficient (Wildman–Crippen LogP) is 14.6. The molecular weight excluding hydrogens is 771 g/mol. The molecule has 13 aromatic rings. The van der Waals surface area contributed by atoms with Crippen molar-refractivity contribution in [1.29, 1.82) is 0 Å². The second-order valence-corrected chi connectivity index (χ2v) is 14.9. The van der Waals surface area contributed by atoms with Gasteiger partial charge in [-0.25, -0.2) is 15.0 Å². The van der Waals surface area contributed by atoms with Gasteiger partial charge in [-0.05, 0) is 89.8 Å². The van der Waals surface area contributed by atoms with Crippen LogP contribution in [0.1, 0.15) is 20.6 Å². The van der Waals surface area contributed by atoms with Crippen molar-refractivity contribution in [3.63, 3.8) is 0 Å². The van der Waals surface area contributed by atoms with Crippen LogP contribution >= 0.6 is 0 Å². The fourth-order valence-corrected chi connectivity index (χ4v) is 8.45. The first-order chi connectivity index (χ1) is 37.5. The van der Waals surface area contributed by atoms with Crippen LogP contribution in [0.15, 0.2) is 216 Å². The quantitative estimate of drug-likeness (QED) is 0.168. The molecule has 6 heteroatoms. The Bertz CT molecular complexity index is 4710. The van der Waals surface area contributed by atoms with E-state index < -0.39 is 96.3 Å². The zero-order valence-corrected chi connectivity index (χ0v) is 32.7. The standard InChI is InChI=1S/C57H35N5O/c1-3-14-36(15-4-1)42-21-13-25-52-54(42)46-32-28-39(34-53(46)63-52)57-59-55(37-16-5-2-6-17-37)58-56(60-57)38-26-29-40(30-27-38)61-50-24-12-9-20-45(50)47-35-41(31-33-51(47)61)62-48-22-10-7-18-43(48)44-19-8-11-23-49(44)62/h1-35H/i7D,8D,9D,10D,11D,12D,18D,19D,20D,22D,23D,24D,31D,33D,35D. The molecule has 0 bridgehead atoms. The van der Waals surface area contributed by atoms with E-state index in [2.05, 4.69) is 18.2 Å². The fraction of sp³-hybridized carbons (Fsp3) is 0. The Kier molecular flexibility index (Phi) is 5.19. The van der Waals surface area contributed by atoms with Crippen LogP contribution in [-0.4, -0.2) is 24.1 Å². The van der Waals surface area contributed by atoms with Gasteiger partial charge >= 0.3 is 0 Å². The molecule has 0 N–H and O–H groups in total. The number of benzene rings is 9. The van der Waals surface area contributed by atoms with Gasteiger partial charge in [0, 0.05) is 60.4 Å². The van der Waals surface area contributed by atoms with Crippen LogP contribution < -0.4 is 0 Å². The summed E-state index contributed by atoms with van der Waals surface area (Å²) < 4.78 is 144. The van der Waals surface area contributed by atoms with Crippen LogP contribution in [0.4, 0.5) is 0 Å². The van der Waals surface area contributed by atoms with Crippen LogP contribution in [0.25, 0.3) is 122 Å². The summed E-state index contributed by atoms with van der Waals surface area (Å²) in [6.45, 7) is 0. The van der Waals surface area contributed by atoms with Crippen molar-refractivity contribution in [2.45, 2.75) is 0 Å². The van der Waals surface area contributed by atoms with Gasteiger partial charge in [0.05, 0.1) is 42.6 Å². The summed E-state index contributed by atoms with van der Waals surface area (Å²) >= 11 is 0. The van der Waals surface area contributed by atoms with Crippen LogP contribution in [0.2, 0.25) is 0 Å². The van der Waals surface area contributed by atoms with Gasteiger partial charge in [-0.15, -0.1) is 0 Å². The van der Waals surface area contributed by atoms with Crippen molar-refractivity contribution in [1.82, 2.24) is 24.1 Å². The van der Waals surface area contributed by atoms with E-state index in [9.17, 15) is 6.85 Å². The molecule has 0 spiro atoms. The van der Waals surface area contributed by atoms with Crippen LogP contribution in [0, 0.1) is 0 Å². The molecular formula is C57H35N5O. The van der Waals surface area contributed by atoms with Gasteiger partial charge in [-0.3, -0.25) is 0 Å². The zero-order chi connectivity index (χ0) is 54.5. The number of hydrogen-bond acceptors (Lipinski definition) is 4. The summed E-state index contributed by atoms with van der Waals surface area (Å²) in [6.07, 6.45) is 0. The summed E-state index contributed by atoms with van der Waals surface area (Å²) in [6, 6.07) is 28.2. The van der Waals surface area contributed by atoms with E-state index in [1.54, 1.807) is 24.3 Å². The summed E-state index contributed by atoms with van der Waals surface area (Å²) in [5, 5.41) is 0.865. The topological polar surface area (TPSA) is 61.7 Å². The van der Waals surface area contributed by atoms with Crippen molar-refractivity contribution in [3.05, 3.63) is 212 Å². The zero-order valence-electron chi connectivity index (χ0n) is 47.7. The minimum atomic E-state index is -0.724. The molecule has 0 atom stereocenters. The SMILES string of the molecule is [2H]c1c([2H])c([2H])c2c(c1[2H])c1c([2H])c(-n3c4c([2H])c([2H])c([2H])c([2H])c4c4c([2H])c([2H])c([2H])c([2H])c43)c([2H])c([2H])c1n2-c1ccc(-c2nc(-c3ccccc3)nc(-c3ccc4c(c3)oc3cccc(-c5ccccc5)c34)n2)cc1. The maximum absolute atomic E-state index is 9.94. The number of aromatic nitrogens is 5. The Morgan fingerprint density at radius 1 is 0.381 bits per heavy atom. The molecule has 0 aliphatic carbocycles. The second-order valence-electron chi connectivity index (χ2n) is 14.9. The van der Waals surface area contributed by atoms with Crippen molar-refractivity contribution in [2.24, 2.45) is 0 Å². The molecule has 0 aliphatic heterocycles. The van der Waals surface area contributed by atoms with Crippen LogP contribution in [0.3, 0.4) is 0 Å². The lowest BCUT2D eigenvalue weighted by Crippen LogP contribution is -2.00. The van der Waals surface area contributed by atoms with Crippen molar-refractivity contribution >= 4 is 65.6 Å². The Morgan fingerprint density at radius 2 is 0.905 bits per heavy atom. The highest BCUT2D eigenvalue weighted by atomic mass is 16.3. The van der Waals surface area contributed by atoms with E-state index in [4.69, 9.17) is 33.1 Å². The van der Waals surface area contributed by atoms with Crippen molar-refractivity contribution < 1.29 is 25.0 Å². The Balaban J connectivity index is 1.02. The van der Waals surface area contributed by atoms with E-state index in [1.165, 1.54) is 4.57 Å². The fourth-order valence-electron chi connectivity index (χ4n) is 8.45. The molecule has 0 radical (unpaired) electrons. The summed E-state index contributed by atoms with van der Waals surface area (Å²) in [5.41, 5.74) is 3.99. The average molecular weight is 821 g/mol. The highest BCUT2D eigenvalue weighted by molar-refractivity contribution is 6.14. The number of fused-ring (bicyclic) bond motifs is 9. The lowest BCUT2D eigenvalue weighted by atomic mass is 9.99. The normalized spacial score (nSPS) is 15.1. The molecule has 0 unspecified atom stereocenters. The maximum Gasteiger partial charge on any atom is 0.164 e. The Morgan fingerprint density at radius 3 is 1.56 bits per heavy atom. The molecule has 0 saturated carbocycles. The van der Waals surface area contributed by atoms with Gasteiger partial charge in [0.1, 0.15) is 11.2 Å². The first-order valence-corrected chi connectivity index (χ1v) is 20.0. The third kappa shape index (κ3) is 5.62. The highest BCUT2D eigenvalue weighted by Gasteiger charge is 2.19. The van der Waals surface area contributed by atoms with Crippen molar-refractivity contribution in [3.8, 4) is 56.7 Å². The maximum atomic E-state index is 9.94. The molecule has 0 fully saturated rings. The third-order valence-corrected chi connectivity index (χ3v) is 11.3. The van der Waals surface area contributed by atoms with Gasteiger partial charge in [0.2, 0.25) is 0 Å². The monoisotopic (exact) mass is 820 g/mol. The van der Waals surface area contributed by atoms with E-state index in [0.29, 0.717) is 28.4 Å². The summed E-state index contributed by atoms with van der Waals surface area (Å²) in [4.78, 5) is 14.8. The highest BCUT2D eigenvalue weighted by Crippen LogP contribution is 2.40. The Labute approximate surface area is 382 Å². The van der Waals surface area contributed by atoms with Gasteiger partial charge < -0.3 is 13.6 Å². The molecule has 0 aliphatic rings. The molecule has 0 saturated heterocycles. The lowest BCUT2D eigenvalue weighted by Gasteiger charge is -2.11. The molecule has 9 aromatic carbocycles. The molecule has 4 heterocycles. The van der Waals surface area contributed by atoms with Crippen molar-refractivity contribution in [2.75, 3.05) is 0 Å². The Hall–Kier alpha value is -8.61. The lowest BCUT2D eigenvalue weighted by molar-refractivity contribution is 0.669. The van der Waals surface area contributed by atoms with E-state index in [-0.39, 0.29) is 55.1 Å². The van der Waals surface area contributed by atoms with Crippen LogP contribution in [-0.2, 0) is 0 Å².